The van der Waals surface area contributed by atoms with Gasteiger partial charge >= 0.3 is 11.9 Å². The number of hydrogen-bond acceptors (Lipinski definition) is 7. The molecule has 2 aromatic rings. The van der Waals surface area contributed by atoms with Crippen LogP contribution in [0.3, 0.4) is 0 Å². The number of ether oxygens (including phenoxy) is 5. The lowest BCUT2D eigenvalue weighted by Gasteiger charge is -2.27. The fourth-order valence-electron chi connectivity index (χ4n) is 3.44. The van der Waals surface area contributed by atoms with Gasteiger partial charge in [-0.15, -0.1) is 11.6 Å². The van der Waals surface area contributed by atoms with E-state index in [1.54, 1.807) is 12.1 Å². The van der Waals surface area contributed by atoms with Crippen LogP contribution in [0.1, 0.15) is 38.8 Å². The number of halogens is 3. The predicted octanol–water partition coefficient (Wildman–Crippen LogP) is 5.83. The maximum atomic E-state index is 11.2. The molecular weight excluding hydrogens is 531 g/mol. The lowest BCUT2D eigenvalue weighted by molar-refractivity contribution is -0.150. The maximum absolute atomic E-state index is 11.2. The van der Waals surface area contributed by atoms with Gasteiger partial charge in [-0.05, 0) is 35.4 Å². The SMILES string of the molecule is COC[C@H](COc1ccc(C(C)(C)c2cc(Cl)c(OC[C@@H](CCl)OC(C)=O)c(Cl)c2)cc1)OC(C)=O. The third kappa shape index (κ3) is 8.73. The normalized spacial score (nSPS) is 13.0. The number of rotatable bonds is 13. The number of methoxy groups -OCH3 is 1. The van der Waals surface area contributed by atoms with Crippen LogP contribution in [0.4, 0.5) is 0 Å². The number of esters is 2. The van der Waals surface area contributed by atoms with Gasteiger partial charge in [0.05, 0.1) is 22.5 Å². The lowest BCUT2D eigenvalue weighted by atomic mass is 9.78. The van der Waals surface area contributed by atoms with E-state index in [1.165, 1.54) is 21.0 Å². The van der Waals surface area contributed by atoms with E-state index in [0.29, 0.717) is 21.5 Å². The summed E-state index contributed by atoms with van der Waals surface area (Å²) in [6.45, 7) is 7.17. The van der Waals surface area contributed by atoms with Gasteiger partial charge in [-0.25, -0.2) is 0 Å². The van der Waals surface area contributed by atoms with Crippen molar-refractivity contribution in [3.05, 3.63) is 57.6 Å². The number of alkyl halides is 1. The lowest BCUT2D eigenvalue weighted by Crippen LogP contribution is -2.28. The molecule has 2 atom stereocenters. The van der Waals surface area contributed by atoms with Crippen LogP contribution >= 0.6 is 34.8 Å². The molecule has 0 aliphatic rings. The Balaban J connectivity index is 2.13. The number of carbonyl (C=O) groups is 2. The molecule has 2 aromatic carbocycles. The first-order valence-electron chi connectivity index (χ1n) is 11.2. The van der Waals surface area contributed by atoms with E-state index in [4.69, 9.17) is 58.5 Å². The van der Waals surface area contributed by atoms with Crippen molar-refractivity contribution < 1.29 is 33.3 Å². The fraction of sp³-hybridized carbons (Fsp3) is 0.462. The maximum Gasteiger partial charge on any atom is 0.303 e. The second kappa shape index (κ2) is 13.9. The molecule has 0 unspecified atom stereocenters. The van der Waals surface area contributed by atoms with Crippen molar-refractivity contribution in [3.8, 4) is 11.5 Å². The largest absolute Gasteiger partial charge is 0.490 e. The third-order valence-electron chi connectivity index (χ3n) is 5.34. The van der Waals surface area contributed by atoms with Gasteiger partial charge < -0.3 is 23.7 Å². The highest BCUT2D eigenvalue weighted by molar-refractivity contribution is 6.37. The average molecular weight is 562 g/mol. The molecule has 0 fully saturated rings. The molecule has 0 aromatic heterocycles. The molecule has 198 valence electrons. The van der Waals surface area contributed by atoms with E-state index in [2.05, 4.69) is 0 Å². The monoisotopic (exact) mass is 560 g/mol. The Bertz CT molecular complexity index is 1000. The van der Waals surface area contributed by atoms with Crippen molar-refractivity contribution in [1.29, 1.82) is 0 Å². The van der Waals surface area contributed by atoms with E-state index in [-0.39, 0.29) is 25.7 Å². The molecule has 7 nitrogen and oxygen atoms in total. The molecule has 0 radical (unpaired) electrons. The molecule has 0 heterocycles. The van der Waals surface area contributed by atoms with Crippen LogP contribution < -0.4 is 9.47 Å². The number of carbonyl (C=O) groups excluding carboxylic acids is 2. The predicted molar refractivity (Wildman–Crippen MR) is 140 cm³/mol. The minimum absolute atomic E-state index is 0.0232. The first kappa shape index (κ1) is 30.0. The molecule has 10 heteroatoms. The zero-order chi connectivity index (χ0) is 26.9. The van der Waals surface area contributed by atoms with Crippen molar-refractivity contribution in [2.75, 3.05) is 32.8 Å². The quantitative estimate of drug-likeness (QED) is 0.225. The van der Waals surface area contributed by atoms with Crippen molar-refractivity contribution in [2.24, 2.45) is 0 Å². The van der Waals surface area contributed by atoms with Crippen molar-refractivity contribution in [1.82, 2.24) is 0 Å². The summed E-state index contributed by atoms with van der Waals surface area (Å²) < 4.78 is 26.8. The molecule has 0 spiro atoms. The molecule has 0 aliphatic heterocycles. The minimum atomic E-state index is -0.619. The Morgan fingerprint density at radius 2 is 1.36 bits per heavy atom. The highest BCUT2D eigenvalue weighted by atomic mass is 35.5. The summed E-state index contributed by atoms with van der Waals surface area (Å²) in [5, 5.41) is 0.660. The fourth-order valence-corrected chi connectivity index (χ4v) is 4.19. The van der Waals surface area contributed by atoms with Gasteiger partial charge in [0.2, 0.25) is 0 Å². The van der Waals surface area contributed by atoms with E-state index in [0.717, 1.165) is 11.1 Å². The zero-order valence-corrected chi connectivity index (χ0v) is 23.2. The van der Waals surface area contributed by atoms with E-state index in [9.17, 15) is 9.59 Å². The highest BCUT2D eigenvalue weighted by Gasteiger charge is 2.26. The Hall–Kier alpha value is -2.19. The smallest absolute Gasteiger partial charge is 0.303 e. The highest BCUT2D eigenvalue weighted by Crippen LogP contribution is 2.40. The van der Waals surface area contributed by atoms with Gasteiger partial charge in [0.15, 0.2) is 11.9 Å². The third-order valence-corrected chi connectivity index (χ3v) is 6.24. The van der Waals surface area contributed by atoms with Crippen molar-refractivity contribution in [2.45, 2.75) is 45.3 Å². The van der Waals surface area contributed by atoms with Crippen LogP contribution in [-0.4, -0.2) is 57.0 Å². The van der Waals surface area contributed by atoms with Gasteiger partial charge in [0.25, 0.3) is 0 Å². The van der Waals surface area contributed by atoms with Gasteiger partial charge in [-0.3, -0.25) is 9.59 Å². The summed E-state index contributed by atoms with van der Waals surface area (Å²) in [7, 11) is 1.53. The van der Waals surface area contributed by atoms with Crippen LogP contribution in [0.2, 0.25) is 10.0 Å². The molecule has 0 saturated heterocycles. The summed E-state index contributed by atoms with van der Waals surface area (Å²) >= 11 is 18.8. The summed E-state index contributed by atoms with van der Waals surface area (Å²) in [6.07, 6.45) is -1.12. The van der Waals surface area contributed by atoms with E-state index < -0.39 is 29.6 Å². The molecule has 0 amide bonds. The van der Waals surface area contributed by atoms with Crippen LogP contribution in [0.5, 0.6) is 11.5 Å². The van der Waals surface area contributed by atoms with Crippen molar-refractivity contribution >= 4 is 46.7 Å². The molecule has 0 N–H and O–H groups in total. The first-order chi connectivity index (χ1) is 17.0. The first-order valence-corrected chi connectivity index (χ1v) is 12.5. The van der Waals surface area contributed by atoms with Crippen LogP contribution in [0.15, 0.2) is 36.4 Å². The van der Waals surface area contributed by atoms with Crippen LogP contribution in [-0.2, 0) is 29.2 Å². The second-order valence-electron chi connectivity index (χ2n) is 8.61. The Kier molecular flexibility index (Phi) is 11.6. The van der Waals surface area contributed by atoms with Crippen molar-refractivity contribution in [3.63, 3.8) is 0 Å². The zero-order valence-electron chi connectivity index (χ0n) is 20.9. The number of hydrogen-bond donors (Lipinski definition) is 0. The number of benzene rings is 2. The summed E-state index contributed by atoms with van der Waals surface area (Å²) in [5.41, 5.74) is 1.43. The summed E-state index contributed by atoms with van der Waals surface area (Å²) in [6, 6.07) is 11.2. The van der Waals surface area contributed by atoms with Crippen LogP contribution in [0, 0.1) is 0 Å². The molecule has 0 saturated carbocycles. The van der Waals surface area contributed by atoms with E-state index in [1.807, 2.05) is 38.1 Å². The summed E-state index contributed by atoms with van der Waals surface area (Å²) in [4.78, 5) is 22.4. The molecule has 0 aliphatic carbocycles. The Morgan fingerprint density at radius 1 is 0.833 bits per heavy atom. The minimum Gasteiger partial charge on any atom is -0.490 e. The second-order valence-corrected chi connectivity index (χ2v) is 9.74. The Labute approximate surface area is 226 Å². The topological polar surface area (TPSA) is 80.3 Å². The standard InChI is InChI=1S/C26H31Cl3O7/c1-16(30)35-21(12-27)14-34-25-23(28)10-19(11-24(25)29)26(3,4)18-6-8-20(9-7-18)33-15-22(13-32-5)36-17(2)31/h6-11,21-22H,12-15H2,1-5H3/t21-,22-/m1/s1. The molecular formula is C26H31Cl3O7. The molecule has 0 bridgehead atoms. The van der Waals surface area contributed by atoms with Gasteiger partial charge in [0, 0.05) is 26.4 Å². The van der Waals surface area contributed by atoms with Gasteiger partial charge in [-0.2, -0.15) is 0 Å². The molecule has 36 heavy (non-hydrogen) atoms. The average Bonchev–Trinajstić information content (AvgIpc) is 2.81. The summed E-state index contributed by atoms with van der Waals surface area (Å²) in [5.74, 6) is 0.159. The van der Waals surface area contributed by atoms with Crippen LogP contribution in [0.25, 0.3) is 0 Å². The van der Waals surface area contributed by atoms with Gasteiger partial charge in [-0.1, -0.05) is 49.2 Å². The van der Waals surface area contributed by atoms with E-state index >= 15 is 0 Å². The van der Waals surface area contributed by atoms with Gasteiger partial charge in [0.1, 0.15) is 25.1 Å². The Morgan fingerprint density at radius 3 is 1.86 bits per heavy atom. The molecule has 2 rings (SSSR count).